The molecule has 1 spiro atoms. The minimum atomic E-state index is -2.17. The number of hydrogen-bond acceptors (Lipinski definition) is 27. The fourth-order valence-electron chi connectivity index (χ4n) is 17.3. The van der Waals surface area contributed by atoms with Crippen LogP contribution in [0.15, 0.2) is 0 Å². The third kappa shape index (κ3) is 11.3. The van der Waals surface area contributed by atoms with Crippen LogP contribution >= 0.6 is 0 Å². The molecule has 7 aliphatic heterocycles. The van der Waals surface area contributed by atoms with Crippen LogP contribution in [-0.4, -0.2) is 282 Å². The molecule has 27 nitrogen and oxygen atoms in total. The molecule has 11 rings (SSSR count). The first-order chi connectivity index (χ1) is 39.5. The van der Waals surface area contributed by atoms with Gasteiger partial charge in [0.05, 0.1) is 51.8 Å². The summed E-state index contributed by atoms with van der Waals surface area (Å²) in [7, 11) is 0. The zero-order valence-electron chi connectivity index (χ0n) is 47.5. The van der Waals surface area contributed by atoms with E-state index in [1.165, 1.54) is 0 Å². The first-order valence-corrected chi connectivity index (χ1v) is 30.2. The van der Waals surface area contributed by atoms with Gasteiger partial charge in [0, 0.05) is 12.3 Å². The quantitative estimate of drug-likeness (QED) is 0.0730. The lowest BCUT2D eigenvalue weighted by Crippen LogP contribution is -2.68. The second-order valence-corrected chi connectivity index (χ2v) is 26.7. The zero-order chi connectivity index (χ0) is 59.4. The number of rotatable bonds is 14. The Hall–Kier alpha value is -1.08. The highest BCUT2D eigenvalue weighted by atomic mass is 16.8. The van der Waals surface area contributed by atoms with Gasteiger partial charge in [0.2, 0.25) is 0 Å². The predicted octanol–water partition coefficient (Wildman–Crippen LogP) is -4.45. The summed E-state index contributed by atoms with van der Waals surface area (Å²) in [5.74, 6) is 2.81. The number of hydrogen-bond donors (Lipinski definition) is 15. The molecule has 7 heterocycles. The Balaban J connectivity index is 0.793. The van der Waals surface area contributed by atoms with E-state index in [0.29, 0.717) is 54.3 Å². The van der Waals surface area contributed by atoms with Crippen LogP contribution in [-0.2, 0) is 56.8 Å². The van der Waals surface area contributed by atoms with Gasteiger partial charge in [0.1, 0.15) is 116 Å². The van der Waals surface area contributed by atoms with Crippen LogP contribution < -0.4 is 0 Å². The molecule has 4 saturated carbocycles. The molecule has 0 amide bonds. The van der Waals surface area contributed by atoms with Crippen LogP contribution in [0.1, 0.15) is 91.9 Å². The third-order valence-corrected chi connectivity index (χ3v) is 22.1. The molecule has 83 heavy (non-hydrogen) atoms. The Bertz CT molecular complexity index is 2140. The molecule has 0 unspecified atom stereocenters. The molecule has 36 atom stereocenters. The van der Waals surface area contributed by atoms with Crippen LogP contribution in [0.5, 0.6) is 0 Å². The standard InChI is InChI=1S/C56H92O27/c1-21-7-12-56(74-18-21)22(2)34-29(83-56)14-27-25-6-5-23-13-24(8-10-54(23,3)26(25)9-11-55(27,34)4)75-50-44(70)40(66)46(32(17-59)78-50)81-53-48(82-52-43(69)39(65)37(63)31(16-58)77-52)45(71)47(80-51-42(68)38(64)36(62)30(15-57)76-51)33(79-53)20-73-49-41(67)35(61)28(60)19-72-49/h21-53,57-71H,5-20H2,1-4H3/t21-,22-,23+,24-,25+,26-,27-,28+,29-,30+,31+,32+,33+,34-,35-,36-,37+,38-,39-,40+,41+,42+,43+,44+,45-,46+,47+,48+,49-,50+,51-,52-,53-,54-,55-,56+/m0/s1. The lowest BCUT2D eigenvalue weighted by molar-refractivity contribution is -0.406. The summed E-state index contributed by atoms with van der Waals surface area (Å²) in [6, 6.07) is 0. The van der Waals surface area contributed by atoms with E-state index in [1.54, 1.807) is 0 Å². The highest BCUT2D eigenvalue weighted by Gasteiger charge is 2.69. The summed E-state index contributed by atoms with van der Waals surface area (Å²) in [5, 5.41) is 163. The van der Waals surface area contributed by atoms with Crippen molar-refractivity contribution in [2.24, 2.45) is 52.3 Å². The summed E-state index contributed by atoms with van der Waals surface area (Å²) in [6.45, 7) is 6.43. The van der Waals surface area contributed by atoms with E-state index in [4.69, 9.17) is 56.8 Å². The van der Waals surface area contributed by atoms with E-state index in [2.05, 4.69) is 27.7 Å². The maximum absolute atomic E-state index is 12.4. The topological polar surface area (TPSA) is 414 Å². The van der Waals surface area contributed by atoms with Gasteiger partial charge < -0.3 is 133 Å². The fraction of sp³-hybridized carbons (Fsp3) is 1.00. The molecule has 27 heteroatoms. The fourth-order valence-corrected chi connectivity index (χ4v) is 17.3. The van der Waals surface area contributed by atoms with Crippen molar-refractivity contribution < 1.29 is 133 Å². The summed E-state index contributed by atoms with van der Waals surface area (Å²) < 4.78 is 73.5. The van der Waals surface area contributed by atoms with Crippen LogP contribution in [0, 0.1) is 52.3 Å². The smallest absolute Gasteiger partial charge is 0.187 e. The Morgan fingerprint density at radius 2 is 1.04 bits per heavy atom. The van der Waals surface area contributed by atoms with Crippen molar-refractivity contribution in [1.82, 2.24) is 0 Å². The van der Waals surface area contributed by atoms with Crippen molar-refractivity contribution in [2.75, 3.05) is 39.6 Å². The maximum Gasteiger partial charge on any atom is 0.187 e. The molecule has 0 aromatic rings. The van der Waals surface area contributed by atoms with Crippen molar-refractivity contribution >= 4 is 0 Å². The highest BCUT2D eigenvalue weighted by molar-refractivity contribution is 5.16. The first-order valence-electron chi connectivity index (χ1n) is 30.2. The number of fused-ring (bicyclic) bond motifs is 7. The van der Waals surface area contributed by atoms with Crippen molar-refractivity contribution in [3.8, 4) is 0 Å². The minimum Gasteiger partial charge on any atom is -0.394 e. The molecule has 478 valence electrons. The Labute approximate surface area is 481 Å². The SMILES string of the molecule is C[C@H]1CC[C@@]2(OC1)O[C@H]1C[C@H]3[C@@H]4CC[C@@H]5C[C@@H](O[C@@H]6O[C@H](CO)[C@@H](O[C@@H]7O[C@H](CO[C@@H]8OC[C@@H](O)[C@H](O)[C@H]8O)[C@@H](O[C@@H]8O[C@H](CO)[C@H](O)[C@H](O)[C@H]8O)[C@H](O)[C@H]7O[C@@H]7O[C@H](CO)[C@@H](O)[C@H](O)[C@H]7O)[C@H](O)[C@H]6O)CC[C@]5(C)[C@H]4CC[C@]3(C)[C@H]1[C@@H]2C. The van der Waals surface area contributed by atoms with E-state index >= 15 is 0 Å². The molecule has 7 saturated heterocycles. The third-order valence-electron chi connectivity index (χ3n) is 22.1. The Morgan fingerprint density at radius 1 is 0.470 bits per heavy atom. The van der Waals surface area contributed by atoms with Gasteiger partial charge in [-0.3, -0.25) is 0 Å². The molecule has 4 aliphatic carbocycles. The van der Waals surface area contributed by atoms with Crippen molar-refractivity contribution in [1.29, 1.82) is 0 Å². The second kappa shape index (κ2) is 25.0. The number of aliphatic hydroxyl groups is 15. The minimum absolute atomic E-state index is 0.0454. The van der Waals surface area contributed by atoms with Crippen LogP contribution in [0.25, 0.3) is 0 Å². The first kappa shape index (κ1) is 63.5. The van der Waals surface area contributed by atoms with E-state index in [9.17, 15) is 76.6 Å². The Morgan fingerprint density at radius 3 is 1.67 bits per heavy atom. The van der Waals surface area contributed by atoms with E-state index in [0.717, 1.165) is 58.0 Å². The Kier molecular flexibility index (Phi) is 19.1. The molecule has 0 radical (unpaired) electrons. The average Bonchev–Trinajstić information content (AvgIpc) is 3.42. The van der Waals surface area contributed by atoms with Gasteiger partial charge in [0.15, 0.2) is 37.2 Å². The van der Waals surface area contributed by atoms with Crippen molar-refractivity contribution in [3.63, 3.8) is 0 Å². The largest absolute Gasteiger partial charge is 0.394 e. The molecule has 11 fully saturated rings. The molecular formula is C56H92O27. The maximum atomic E-state index is 12.4. The molecule has 0 aromatic heterocycles. The van der Waals surface area contributed by atoms with Crippen LogP contribution in [0.3, 0.4) is 0 Å². The van der Waals surface area contributed by atoms with Crippen LogP contribution in [0.4, 0.5) is 0 Å². The molecular weight excluding hydrogens is 1100 g/mol. The molecule has 11 aliphatic rings. The zero-order valence-corrected chi connectivity index (χ0v) is 47.5. The van der Waals surface area contributed by atoms with Gasteiger partial charge in [-0.15, -0.1) is 0 Å². The average molecular weight is 1200 g/mol. The highest BCUT2D eigenvalue weighted by Crippen LogP contribution is 2.71. The van der Waals surface area contributed by atoms with Crippen LogP contribution in [0.2, 0.25) is 0 Å². The molecule has 0 bridgehead atoms. The second-order valence-electron chi connectivity index (χ2n) is 26.7. The van der Waals surface area contributed by atoms with E-state index in [1.807, 2.05) is 0 Å². The van der Waals surface area contributed by atoms with Crippen molar-refractivity contribution in [3.05, 3.63) is 0 Å². The van der Waals surface area contributed by atoms with Gasteiger partial charge in [-0.1, -0.05) is 27.7 Å². The van der Waals surface area contributed by atoms with Gasteiger partial charge >= 0.3 is 0 Å². The van der Waals surface area contributed by atoms with Gasteiger partial charge in [-0.2, -0.15) is 0 Å². The lowest BCUT2D eigenvalue weighted by atomic mass is 9.44. The summed E-state index contributed by atoms with van der Waals surface area (Å²) in [5.41, 5.74) is 0.214. The van der Waals surface area contributed by atoms with Gasteiger partial charge in [-0.25, -0.2) is 0 Å². The monoisotopic (exact) mass is 1200 g/mol. The number of aliphatic hydroxyl groups excluding tert-OH is 15. The molecule has 0 aromatic carbocycles. The summed E-state index contributed by atoms with van der Waals surface area (Å²) >= 11 is 0. The normalized spacial score (nSPS) is 57.4. The predicted molar refractivity (Wildman–Crippen MR) is 275 cm³/mol. The summed E-state index contributed by atoms with van der Waals surface area (Å²) in [4.78, 5) is 0. The molecule has 15 N–H and O–H groups in total. The van der Waals surface area contributed by atoms with E-state index in [-0.39, 0.29) is 23.0 Å². The van der Waals surface area contributed by atoms with Crippen molar-refractivity contribution in [2.45, 2.75) is 257 Å². The summed E-state index contributed by atoms with van der Waals surface area (Å²) in [6.07, 6.45) is -34.3. The van der Waals surface area contributed by atoms with E-state index < -0.39 is 186 Å². The number of ether oxygens (including phenoxy) is 12. The van der Waals surface area contributed by atoms with Gasteiger partial charge in [0.25, 0.3) is 0 Å². The van der Waals surface area contributed by atoms with Gasteiger partial charge in [-0.05, 0) is 104 Å². The lowest BCUT2D eigenvalue weighted by Gasteiger charge is -2.61.